The summed E-state index contributed by atoms with van der Waals surface area (Å²) in [6, 6.07) is 14.4. The number of fused-ring (bicyclic) bond motifs is 2. The SMILES string of the molecule is O=C(C=Cc1cnc2ccccc2c1)CCCCc1ccc2c(n1)NCCC2. The third-order valence-electron chi connectivity index (χ3n) is 5.13. The maximum Gasteiger partial charge on any atom is 0.155 e. The maximum absolute atomic E-state index is 12.2. The third-order valence-corrected chi connectivity index (χ3v) is 5.13. The second kappa shape index (κ2) is 8.79. The lowest BCUT2D eigenvalue weighted by molar-refractivity contribution is -0.114. The Kier molecular flexibility index (Phi) is 5.76. The molecule has 0 bridgehead atoms. The zero-order chi connectivity index (χ0) is 19.2. The third kappa shape index (κ3) is 4.63. The van der Waals surface area contributed by atoms with Crippen molar-refractivity contribution in [1.82, 2.24) is 9.97 Å². The predicted octanol–water partition coefficient (Wildman–Crippen LogP) is 4.98. The molecule has 0 saturated heterocycles. The van der Waals surface area contributed by atoms with Crippen molar-refractivity contribution in [2.45, 2.75) is 38.5 Å². The van der Waals surface area contributed by atoms with E-state index in [-0.39, 0.29) is 5.78 Å². The van der Waals surface area contributed by atoms with Crippen molar-refractivity contribution in [3.8, 4) is 0 Å². The van der Waals surface area contributed by atoms with Crippen molar-refractivity contribution < 1.29 is 4.79 Å². The molecule has 2 aromatic heterocycles. The van der Waals surface area contributed by atoms with E-state index in [1.165, 1.54) is 12.0 Å². The van der Waals surface area contributed by atoms with Crippen molar-refractivity contribution in [3.05, 3.63) is 71.6 Å². The number of unbranched alkanes of at least 4 members (excludes halogenated alkanes) is 1. The lowest BCUT2D eigenvalue weighted by Gasteiger charge is -2.17. The summed E-state index contributed by atoms with van der Waals surface area (Å²) in [6.07, 6.45) is 11.0. The molecule has 28 heavy (non-hydrogen) atoms. The van der Waals surface area contributed by atoms with Crippen LogP contribution in [0.15, 0.2) is 54.7 Å². The van der Waals surface area contributed by atoms with E-state index in [0.717, 1.165) is 60.2 Å². The topological polar surface area (TPSA) is 54.9 Å². The number of para-hydroxylation sites is 1. The minimum atomic E-state index is 0.160. The number of allylic oxidation sites excluding steroid dienone is 1. The van der Waals surface area contributed by atoms with Crippen molar-refractivity contribution in [1.29, 1.82) is 0 Å². The van der Waals surface area contributed by atoms with E-state index < -0.39 is 0 Å². The zero-order valence-corrected chi connectivity index (χ0v) is 16.0. The maximum atomic E-state index is 12.2. The Morgan fingerprint density at radius 1 is 1.14 bits per heavy atom. The van der Waals surface area contributed by atoms with Crippen LogP contribution in [0.25, 0.3) is 17.0 Å². The van der Waals surface area contributed by atoms with Gasteiger partial charge in [0.2, 0.25) is 0 Å². The highest BCUT2D eigenvalue weighted by atomic mass is 16.1. The van der Waals surface area contributed by atoms with Gasteiger partial charge in [0.05, 0.1) is 5.52 Å². The van der Waals surface area contributed by atoms with Gasteiger partial charge in [0.15, 0.2) is 5.78 Å². The predicted molar refractivity (Wildman–Crippen MR) is 114 cm³/mol. The first-order valence-electron chi connectivity index (χ1n) is 10.1. The molecular weight excluding hydrogens is 346 g/mol. The van der Waals surface area contributed by atoms with Crippen LogP contribution in [-0.4, -0.2) is 22.3 Å². The Hall–Kier alpha value is -3.01. The minimum absolute atomic E-state index is 0.160. The second-order valence-corrected chi connectivity index (χ2v) is 7.31. The molecule has 0 aliphatic carbocycles. The molecule has 0 atom stereocenters. The molecule has 3 aromatic rings. The first-order chi connectivity index (χ1) is 13.8. The number of ketones is 1. The van der Waals surface area contributed by atoms with E-state index in [2.05, 4.69) is 28.5 Å². The normalized spacial score (nSPS) is 13.4. The van der Waals surface area contributed by atoms with Crippen LogP contribution in [0, 0.1) is 0 Å². The summed E-state index contributed by atoms with van der Waals surface area (Å²) < 4.78 is 0. The Balaban J connectivity index is 1.24. The van der Waals surface area contributed by atoms with E-state index in [9.17, 15) is 4.79 Å². The molecule has 0 spiro atoms. The fraction of sp³-hybridized carbons (Fsp3) is 0.292. The number of hydrogen-bond acceptors (Lipinski definition) is 4. The molecule has 1 N–H and O–H groups in total. The van der Waals surface area contributed by atoms with Crippen molar-refractivity contribution in [2.75, 3.05) is 11.9 Å². The molecular formula is C24H25N3O. The summed E-state index contributed by atoms with van der Waals surface area (Å²) in [5, 5.41) is 4.46. The number of nitrogens with one attached hydrogen (secondary N) is 1. The smallest absolute Gasteiger partial charge is 0.155 e. The number of pyridine rings is 2. The summed E-state index contributed by atoms with van der Waals surface area (Å²) in [7, 11) is 0. The standard InChI is InChI=1S/C24H25N3O/c28-22(14-11-18-16-20-6-1-4-10-23(20)26-17-18)9-3-2-8-21-13-12-19-7-5-15-25-24(19)27-21/h1,4,6,10-14,16-17H,2-3,5,7-9,15H2,(H,25,27). The van der Waals surface area contributed by atoms with E-state index in [0.29, 0.717) is 6.42 Å². The molecule has 1 aromatic carbocycles. The number of aryl methyl sites for hydroxylation is 2. The molecule has 4 rings (SSSR count). The fourth-order valence-corrected chi connectivity index (χ4v) is 3.57. The molecule has 0 amide bonds. The van der Waals surface area contributed by atoms with Gasteiger partial charge in [0.1, 0.15) is 5.82 Å². The van der Waals surface area contributed by atoms with Crippen LogP contribution in [0.5, 0.6) is 0 Å². The van der Waals surface area contributed by atoms with Crippen LogP contribution in [0.1, 0.15) is 42.5 Å². The average molecular weight is 371 g/mol. The number of aromatic nitrogens is 2. The minimum Gasteiger partial charge on any atom is -0.370 e. The van der Waals surface area contributed by atoms with Gasteiger partial charge in [0, 0.05) is 30.2 Å². The molecule has 3 heterocycles. The van der Waals surface area contributed by atoms with Gasteiger partial charge < -0.3 is 5.32 Å². The Bertz CT molecular complexity index is 1010. The average Bonchev–Trinajstić information content (AvgIpc) is 2.75. The number of hydrogen-bond donors (Lipinski definition) is 1. The summed E-state index contributed by atoms with van der Waals surface area (Å²) in [5.74, 6) is 1.21. The van der Waals surface area contributed by atoms with Gasteiger partial charge in [-0.3, -0.25) is 9.78 Å². The van der Waals surface area contributed by atoms with Crippen LogP contribution in [-0.2, 0) is 17.6 Å². The summed E-state index contributed by atoms with van der Waals surface area (Å²) in [6.45, 7) is 1.01. The molecule has 4 heteroatoms. The van der Waals surface area contributed by atoms with Crippen molar-refractivity contribution >= 4 is 28.6 Å². The van der Waals surface area contributed by atoms with Crippen LogP contribution >= 0.6 is 0 Å². The summed E-state index contributed by atoms with van der Waals surface area (Å²) in [5.41, 5.74) is 4.35. The lowest BCUT2D eigenvalue weighted by atomic mass is 10.0. The zero-order valence-electron chi connectivity index (χ0n) is 16.0. The molecule has 1 aliphatic heterocycles. The molecule has 1 aliphatic rings. The second-order valence-electron chi connectivity index (χ2n) is 7.31. The Morgan fingerprint density at radius 2 is 2.07 bits per heavy atom. The number of anilines is 1. The molecule has 4 nitrogen and oxygen atoms in total. The summed E-state index contributed by atoms with van der Waals surface area (Å²) in [4.78, 5) is 21.3. The Morgan fingerprint density at radius 3 is 3.04 bits per heavy atom. The van der Waals surface area contributed by atoms with Gasteiger partial charge in [-0.25, -0.2) is 4.98 Å². The van der Waals surface area contributed by atoms with Gasteiger partial charge in [-0.15, -0.1) is 0 Å². The van der Waals surface area contributed by atoms with E-state index >= 15 is 0 Å². The van der Waals surface area contributed by atoms with E-state index in [1.54, 1.807) is 6.08 Å². The van der Waals surface area contributed by atoms with Gasteiger partial charge in [-0.1, -0.05) is 24.3 Å². The highest BCUT2D eigenvalue weighted by molar-refractivity contribution is 5.94. The van der Waals surface area contributed by atoms with Crippen molar-refractivity contribution in [3.63, 3.8) is 0 Å². The largest absolute Gasteiger partial charge is 0.370 e. The molecule has 0 unspecified atom stereocenters. The number of benzene rings is 1. The number of nitrogens with zero attached hydrogens (tertiary/aromatic N) is 2. The lowest BCUT2D eigenvalue weighted by Crippen LogP contribution is -2.14. The Labute approximate surface area is 165 Å². The highest BCUT2D eigenvalue weighted by Crippen LogP contribution is 2.20. The molecule has 142 valence electrons. The fourth-order valence-electron chi connectivity index (χ4n) is 3.57. The summed E-state index contributed by atoms with van der Waals surface area (Å²) >= 11 is 0. The van der Waals surface area contributed by atoms with Gasteiger partial charge >= 0.3 is 0 Å². The monoisotopic (exact) mass is 371 g/mol. The van der Waals surface area contributed by atoms with Crippen LogP contribution in [0.4, 0.5) is 5.82 Å². The first-order valence-corrected chi connectivity index (χ1v) is 10.1. The van der Waals surface area contributed by atoms with Crippen LogP contribution < -0.4 is 5.32 Å². The van der Waals surface area contributed by atoms with Gasteiger partial charge in [0.25, 0.3) is 0 Å². The number of carbonyl (C=O) groups is 1. The van der Waals surface area contributed by atoms with Crippen LogP contribution in [0.2, 0.25) is 0 Å². The van der Waals surface area contributed by atoms with Crippen LogP contribution in [0.3, 0.4) is 0 Å². The van der Waals surface area contributed by atoms with E-state index in [4.69, 9.17) is 4.98 Å². The molecule has 0 fully saturated rings. The molecule has 0 radical (unpaired) electrons. The highest BCUT2D eigenvalue weighted by Gasteiger charge is 2.10. The quantitative estimate of drug-likeness (QED) is 0.470. The number of carbonyl (C=O) groups excluding carboxylic acids is 1. The first kappa shape index (κ1) is 18.4. The van der Waals surface area contributed by atoms with Crippen molar-refractivity contribution in [2.24, 2.45) is 0 Å². The van der Waals surface area contributed by atoms with E-state index in [1.807, 2.05) is 36.5 Å². The van der Waals surface area contributed by atoms with Gasteiger partial charge in [-0.05, 0) is 73.6 Å². The number of rotatable bonds is 7. The van der Waals surface area contributed by atoms with Gasteiger partial charge in [-0.2, -0.15) is 0 Å². The molecule has 0 saturated carbocycles.